The Kier molecular flexibility index (Phi) is 6.87. The normalized spacial score (nSPS) is 12.7. The Morgan fingerprint density at radius 2 is 1.85 bits per heavy atom. The Balaban J connectivity index is 3.22. The lowest BCUT2D eigenvalue weighted by molar-refractivity contribution is 0.961. The van der Waals surface area contributed by atoms with Crippen LogP contribution in [0.2, 0.25) is 0 Å². The summed E-state index contributed by atoms with van der Waals surface area (Å²) in [6, 6.07) is 6.73. The molecule has 0 nitrogen and oxygen atoms in total. The molecule has 0 amide bonds. The fourth-order valence-electron chi connectivity index (χ4n) is 1.90. The van der Waals surface area contributed by atoms with E-state index in [4.69, 9.17) is 0 Å². The zero-order valence-electron chi connectivity index (χ0n) is 13.4. The molecule has 0 fully saturated rings. The molecule has 1 heteroatoms. The van der Waals surface area contributed by atoms with Gasteiger partial charge in [0.05, 0.1) is 0 Å². The molecule has 0 spiro atoms. The summed E-state index contributed by atoms with van der Waals surface area (Å²) < 4.78 is 0. The Labute approximate surface area is 128 Å². The maximum Gasteiger partial charge on any atom is 0.0151 e. The summed E-state index contributed by atoms with van der Waals surface area (Å²) in [7, 11) is 0. The van der Waals surface area contributed by atoms with Crippen LogP contribution in [0.3, 0.4) is 0 Å². The van der Waals surface area contributed by atoms with Crippen molar-refractivity contribution in [3.05, 3.63) is 58.5 Å². The molecular weight excluding hydrogens is 260 g/mol. The molecule has 0 aliphatic rings. The summed E-state index contributed by atoms with van der Waals surface area (Å²) in [5, 5.41) is 0. The predicted octanol–water partition coefficient (Wildman–Crippen LogP) is 6.83. The molecule has 0 heterocycles. The van der Waals surface area contributed by atoms with Crippen molar-refractivity contribution in [2.24, 2.45) is 0 Å². The first-order valence-electron chi connectivity index (χ1n) is 7.26. The second-order valence-corrected chi connectivity index (χ2v) is 6.51. The molecule has 20 heavy (non-hydrogen) atoms. The fourth-order valence-corrected chi connectivity index (χ4v) is 2.80. The fraction of sp³-hybridized carbons (Fsp3) is 0.368. The van der Waals surface area contributed by atoms with Gasteiger partial charge < -0.3 is 0 Å². The van der Waals surface area contributed by atoms with Crippen molar-refractivity contribution in [3.63, 3.8) is 0 Å². The number of hydrogen-bond donors (Lipinski definition) is 0. The smallest absolute Gasteiger partial charge is 0.0151 e. The standard InChI is InChI=1S/C19H26S/c1-7-9-10-19(20-16(6)8-2)18-12-15(5)11-17(13-18)14(3)4/h8,10-13H,3,7,9H2,1-2,4-6H3/b16-8-,19-10+. The molecule has 1 rings (SSSR count). The van der Waals surface area contributed by atoms with E-state index in [0.29, 0.717) is 0 Å². The largest absolute Gasteiger partial charge is 0.0955 e. The van der Waals surface area contributed by atoms with Gasteiger partial charge in [-0.2, -0.15) is 0 Å². The van der Waals surface area contributed by atoms with Gasteiger partial charge in [-0.15, -0.1) is 0 Å². The van der Waals surface area contributed by atoms with E-state index >= 15 is 0 Å². The highest BCUT2D eigenvalue weighted by Gasteiger charge is 2.06. The lowest BCUT2D eigenvalue weighted by Gasteiger charge is -2.12. The summed E-state index contributed by atoms with van der Waals surface area (Å²) in [5.74, 6) is 0. The van der Waals surface area contributed by atoms with Gasteiger partial charge in [0.1, 0.15) is 0 Å². The van der Waals surface area contributed by atoms with Crippen LogP contribution >= 0.6 is 11.8 Å². The van der Waals surface area contributed by atoms with E-state index in [2.05, 4.69) is 71.5 Å². The van der Waals surface area contributed by atoms with E-state index in [9.17, 15) is 0 Å². The molecule has 0 radical (unpaired) electrons. The summed E-state index contributed by atoms with van der Waals surface area (Å²) in [4.78, 5) is 2.69. The number of benzene rings is 1. The van der Waals surface area contributed by atoms with Crippen LogP contribution in [0.5, 0.6) is 0 Å². The predicted molar refractivity (Wildman–Crippen MR) is 95.8 cm³/mol. The molecule has 0 bridgehead atoms. The molecular formula is C19H26S. The Morgan fingerprint density at radius 1 is 1.20 bits per heavy atom. The lowest BCUT2D eigenvalue weighted by atomic mass is 10.0. The molecule has 1 aromatic carbocycles. The summed E-state index contributed by atoms with van der Waals surface area (Å²) in [5.41, 5.74) is 4.96. The van der Waals surface area contributed by atoms with Gasteiger partial charge in [0.2, 0.25) is 0 Å². The SMILES string of the molecule is C=C(C)c1cc(C)cc(/C(=C\CCC)S/C(C)=C\C)c1. The summed E-state index contributed by atoms with van der Waals surface area (Å²) in [6.45, 7) is 14.8. The molecule has 0 aliphatic carbocycles. The van der Waals surface area contributed by atoms with Gasteiger partial charge in [0, 0.05) is 4.91 Å². The number of rotatable bonds is 6. The highest BCUT2D eigenvalue weighted by atomic mass is 32.2. The number of hydrogen-bond acceptors (Lipinski definition) is 1. The third-order valence-electron chi connectivity index (χ3n) is 3.15. The molecule has 0 aliphatic heterocycles. The quantitative estimate of drug-likeness (QED) is 0.552. The van der Waals surface area contributed by atoms with Gasteiger partial charge >= 0.3 is 0 Å². The first kappa shape index (κ1) is 16.8. The van der Waals surface area contributed by atoms with Crippen LogP contribution in [0, 0.1) is 6.92 Å². The lowest BCUT2D eigenvalue weighted by Crippen LogP contribution is -1.88. The third-order valence-corrected chi connectivity index (χ3v) is 4.33. The molecule has 0 atom stereocenters. The number of allylic oxidation sites excluding steroid dienone is 4. The van der Waals surface area contributed by atoms with Gasteiger partial charge in [-0.1, -0.05) is 61.5 Å². The first-order valence-corrected chi connectivity index (χ1v) is 8.08. The number of aryl methyl sites for hydroxylation is 1. The van der Waals surface area contributed by atoms with Crippen LogP contribution in [0.15, 0.2) is 41.8 Å². The van der Waals surface area contributed by atoms with Gasteiger partial charge in [-0.25, -0.2) is 0 Å². The van der Waals surface area contributed by atoms with Crippen molar-refractivity contribution in [1.82, 2.24) is 0 Å². The van der Waals surface area contributed by atoms with E-state index in [1.807, 2.05) is 11.8 Å². The van der Waals surface area contributed by atoms with Crippen molar-refractivity contribution < 1.29 is 0 Å². The van der Waals surface area contributed by atoms with Gasteiger partial charge in [-0.05, 0) is 61.8 Å². The van der Waals surface area contributed by atoms with Crippen molar-refractivity contribution in [2.75, 3.05) is 0 Å². The third kappa shape index (κ3) is 5.05. The maximum absolute atomic E-state index is 4.07. The molecule has 0 saturated heterocycles. The van der Waals surface area contributed by atoms with Crippen molar-refractivity contribution >= 4 is 22.2 Å². The first-order chi connectivity index (χ1) is 9.47. The minimum atomic E-state index is 1.12. The Hall–Kier alpha value is -1.21. The highest BCUT2D eigenvalue weighted by Crippen LogP contribution is 2.35. The van der Waals surface area contributed by atoms with Crippen LogP contribution in [-0.2, 0) is 0 Å². The van der Waals surface area contributed by atoms with Crippen molar-refractivity contribution in [2.45, 2.75) is 47.5 Å². The Bertz CT molecular complexity index is 533. The summed E-state index contributed by atoms with van der Waals surface area (Å²) in [6.07, 6.45) is 6.82. The molecule has 0 saturated carbocycles. The minimum absolute atomic E-state index is 1.12. The van der Waals surface area contributed by atoms with E-state index < -0.39 is 0 Å². The maximum atomic E-state index is 4.07. The zero-order chi connectivity index (χ0) is 15.1. The van der Waals surface area contributed by atoms with Gasteiger partial charge in [0.15, 0.2) is 0 Å². The zero-order valence-corrected chi connectivity index (χ0v) is 14.2. The van der Waals surface area contributed by atoms with E-state index in [1.165, 1.54) is 32.9 Å². The van der Waals surface area contributed by atoms with Crippen molar-refractivity contribution in [1.29, 1.82) is 0 Å². The average molecular weight is 286 g/mol. The van der Waals surface area contributed by atoms with Gasteiger partial charge in [0.25, 0.3) is 0 Å². The summed E-state index contributed by atoms with van der Waals surface area (Å²) >= 11 is 1.86. The topological polar surface area (TPSA) is 0 Å². The Morgan fingerprint density at radius 3 is 2.40 bits per heavy atom. The van der Waals surface area contributed by atoms with E-state index in [-0.39, 0.29) is 0 Å². The molecule has 0 N–H and O–H groups in total. The van der Waals surface area contributed by atoms with Crippen LogP contribution in [0.1, 0.15) is 57.2 Å². The van der Waals surface area contributed by atoms with Crippen LogP contribution in [-0.4, -0.2) is 0 Å². The highest BCUT2D eigenvalue weighted by molar-refractivity contribution is 8.11. The van der Waals surface area contributed by atoms with E-state index in [0.717, 1.165) is 12.0 Å². The second-order valence-electron chi connectivity index (χ2n) is 5.23. The molecule has 1 aromatic rings. The minimum Gasteiger partial charge on any atom is -0.0955 e. The molecule has 0 aromatic heterocycles. The second kappa shape index (κ2) is 8.16. The average Bonchev–Trinajstić information content (AvgIpc) is 2.42. The molecule has 0 unspecified atom stereocenters. The van der Waals surface area contributed by atoms with Crippen LogP contribution in [0.4, 0.5) is 0 Å². The van der Waals surface area contributed by atoms with Crippen LogP contribution in [0.25, 0.3) is 10.5 Å². The van der Waals surface area contributed by atoms with Gasteiger partial charge in [-0.3, -0.25) is 0 Å². The van der Waals surface area contributed by atoms with Crippen molar-refractivity contribution in [3.8, 4) is 0 Å². The van der Waals surface area contributed by atoms with Crippen LogP contribution < -0.4 is 0 Å². The monoisotopic (exact) mass is 286 g/mol. The molecule has 108 valence electrons. The van der Waals surface area contributed by atoms with E-state index in [1.54, 1.807) is 0 Å². The number of unbranched alkanes of at least 4 members (excludes halogenated alkanes) is 1. The number of thioether (sulfide) groups is 1.